The van der Waals surface area contributed by atoms with Gasteiger partial charge in [0.2, 0.25) is 5.91 Å². The van der Waals surface area contributed by atoms with Gasteiger partial charge in [0.1, 0.15) is 0 Å². The molecule has 2 rings (SSSR count). The van der Waals surface area contributed by atoms with E-state index in [2.05, 4.69) is 22.5 Å². The number of nitrogens with zero attached hydrogens (tertiary/aromatic N) is 1. The number of likely N-dealkylation sites (tertiary alicyclic amines) is 1. The van der Waals surface area contributed by atoms with Crippen molar-refractivity contribution in [2.24, 2.45) is 0 Å². The summed E-state index contributed by atoms with van der Waals surface area (Å²) in [7, 11) is 0. The highest BCUT2D eigenvalue weighted by Crippen LogP contribution is 2.16. The lowest BCUT2D eigenvalue weighted by Gasteiger charge is -2.36. The van der Waals surface area contributed by atoms with Crippen molar-refractivity contribution in [1.82, 2.24) is 15.5 Å². The molecule has 5 heteroatoms. The fourth-order valence-corrected chi connectivity index (χ4v) is 3.24. The van der Waals surface area contributed by atoms with E-state index >= 15 is 0 Å². The van der Waals surface area contributed by atoms with E-state index in [0.29, 0.717) is 18.6 Å². The van der Waals surface area contributed by atoms with Crippen molar-refractivity contribution in [1.29, 1.82) is 0 Å². The minimum atomic E-state index is 0.185. The number of hydrogen-bond acceptors (Lipinski definition) is 4. The second-order valence-corrected chi connectivity index (χ2v) is 6.28. The topological polar surface area (TPSA) is 53.6 Å². The number of amides is 1. The van der Waals surface area contributed by atoms with Crippen LogP contribution in [0.5, 0.6) is 0 Å². The molecule has 2 fully saturated rings. The number of nitrogens with one attached hydrogen (secondary N) is 2. The number of carbonyl (C=O) groups is 1. The Kier molecular flexibility index (Phi) is 7.47. The lowest BCUT2D eigenvalue weighted by molar-refractivity contribution is -0.124. The molecule has 0 radical (unpaired) electrons. The SMILES string of the molecule is CCCNCC1CCCCN1CC(=O)NC1CCOCC1. The molecular weight excluding hydrogens is 266 g/mol. The second kappa shape index (κ2) is 9.38. The molecule has 2 N–H and O–H groups in total. The molecule has 2 heterocycles. The molecule has 122 valence electrons. The zero-order valence-electron chi connectivity index (χ0n) is 13.4. The van der Waals surface area contributed by atoms with E-state index in [9.17, 15) is 4.79 Å². The normalized spacial score (nSPS) is 24.9. The predicted molar refractivity (Wildman–Crippen MR) is 84.4 cm³/mol. The fraction of sp³-hybridized carbons (Fsp3) is 0.938. The number of ether oxygens (including phenoxy) is 1. The monoisotopic (exact) mass is 297 g/mol. The zero-order valence-corrected chi connectivity index (χ0v) is 13.4. The van der Waals surface area contributed by atoms with Crippen molar-refractivity contribution < 1.29 is 9.53 Å². The summed E-state index contributed by atoms with van der Waals surface area (Å²) in [5.41, 5.74) is 0. The minimum absolute atomic E-state index is 0.185. The quantitative estimate of drug-likeness (QED) is 0.692. The zero-order chi connectivity index (χ0) is 14.9. The Morgan fingerprint density at radius 2 is 2.05 bits per heavy atom. The van der Waals surface area contributed by atoms with Crippen LogP contribution in [0.15, 0.2) is 0 Å². The van der Waals surface area contributed by atoms with Gasteiger partial charge in [-0.3, -0.25) is 9.69 Å². The molecule has 0 aromatic rings. The largest absolute Gasteiger partial charge is 0.381 e. The van der Waals surface area contributed by atoms with E-state index in [1.54, 1.807) is 0 Å². The van der Waals surface area contributed by atoms with Gasteiger partial charge in [-0.2, -0.15) is 0 Å². The Morgan fingerprint density at radius 1 is 1.24 bits per heavy atom. The molecule has 0 aliphatic carbocycles. The molecular formula is C16H31N3O2. The number of hydrogen-bond donors (Lipinski definition) is 2. The molecule has 2 aliphatic rings. The third-order valence-electron chi connectivity index (χ3n) is 4.49. The van der Waals surface area contributed by atoms with Gasteiger partial charge in [0.05, 0.1) is 6.54 Å². The molecule has 1 atom stereocenters. The van der Waals surface area contributed by atoms with Crippen molar-refractivity contribution in [2.75, 3.05) is 39.4 Å². The molecule has 0 aromatic heterocycles. The summed E-state index contributed by atoms with van der Waals surface area (Å²) in [6.45, 7) is 7.43. The summed E-state index contributed by atoms with van der Waals surface area (Å²) < 4.78 is 5.33. The highest BCUT2D eigenvalue weighted by molar-refractivity contribution is 5.78. The van der Waals surface area contributed by atoms with Gasteiger partial charge in [0.15, 0.2) is 0 Å². The van der Waals surface area contributed by atoms with Crippen LogP contribution in [0.2, 0.25) is 0 Å². The van der Waals surface area contributed by atoms with Crippen LogP contribution < -0.4 is 10.6 Å². The average Bonchev–Trinajstić information content (AvgIpc) is 2.50. The van der Waals surface area contributed by atoms with Gasteiger partial charge in [-0.15, -0.1) is 0 Å². The standard InChI is InChI=1S/C16H31N3O2/c1-2-8-17-12-15-5-3-4-9-19(15)13-16(20)18-14-6-10-21-11-7-14/h14-15,17H,2-13H2,1H3,(H,18,20). The molecule has 1 amide bonds. The minimum Gasteiger partial charge on any atom is -0.381 e. The van der Waals surface area contributed by atoms with Crippen molar-refractivity contribution >= 4 is 5.91 Å². The van der Waals surface area contributed by atoms with Crippen molar-refractivity contribution in [3.05, 3.63) is 0 Å². The Labute approximate surface area is 128 Å². The predicted octanol–water partition coefficient (Wildman–Crippen LogP) is 1.14. The van der Waals surface area contributed by atoms with Crippen LogP contribution in [0.25, 0.3) is 0 Å². The van der Waals surface area contributed by atoms with Gasteiger partial charge < -0.3 is 15.4 Å². The Bertz CT molecular complexity index is 306. The van der Waals surface area contributed by atoms with Crippen molar-refractivity contribution in [3.8, 4) is 0 Å². The smallest absolute Gasteiger partial charge is 0.234 e. The average molecular weight is 297 g/mol. The maximum absolute atomic E-state index is 12.2. The summed E-state index contributed by atoms with van der Waals surface area (Å²) >= 11 is 0. The maximum atomic E-state index is 12.2. The van der Waals surface area contributed by atoms with Crippen LogP contribution in [0, 0.1) is 0 Å². The number of rotatable bonds is 7. The lowest BCUT2D eigenvalue weighted by Crippen LogP contribution is -2.51. The van der Waals surface area contributed by atoms with Gasteiger partial charge >= 0.3 is 0 Å². The van der Waals surface area contributed by atoms with Gasteiger partial charge in [-0.25, -0.2) is 0 Å². The molecule has 1 unspecified atom stereocenters. The van der Waals surface area contributed by atoms with Gasteiger partial charge in [0.25, 0.3) is 0 Å². The van der Waals surface area contributed by atoms with Crippen molar-refractivity contribution in [2.45, 2.75) is 57.5 Å². The van der Waals surface area contributed by atoms with E-state index in [0.717, 1.165) is 52.1 Å². The number of piperidine rings is 1. The van der Waals surface area contributed by atoms with Crippen LogP contribution in [-0.2, 0) is 9.53 Å². The molecule has 2 saturated heterocycles. The van der Waals surface area contributed by atoms with Gasteiger partial charge in [-0.1, -0.05) is 13.3 Å². The summed E-state index contributed by atoms with van der Waals surface area (Å²) in [6, 6.07) is 0.832. The molecule has 0 bridgehead atoms. The highest BCUT2D eigenvalue weighted by Gasteiger charge is 2.25. The van der Waals surface area contributed by atoms with Crippen LogP contribution in [0.3, 0.4) is 0 Å². The second-order valence-electron chi connectivity index (χ2n) is 6.28. The number of carbonyl (C=O) groups excluding carboxylic acids is 1. The van der Waals surface area contributed by atoms with Crippen LogP contribution in [0.4, 0.5) is 0 Å². The third kappa shape index (κ3) is 5.93. The summed E-state index contributed by atoms with van der Waals surface area (Å²) in [6.07, 6.45) is 6.78. The first-order chi connectivity index (χ1) is 10.3. The fourth-order valence-electron chi connectivity index (χ4n) is 3.24. The maximum Gasteiger partial charge on any atom is 0.234 e. The van der Waals surface area contributed by atoms with Crippen LogP contribution in [0.1, 0.15) is 45.4 Å². The lowest BCUT2D eigenvalue weighted by atomic mass is 10.0. The Hall–Kier alpha value is -0.650. The molecule has 2 aliphatic heterocycles. The molecule has 5 nitrogen and oxygen atoms in total. The van der Waals surface area contributed by atoms with E-state index in [1.807, 2.05) is 0 Å². The van der Waals surface area contributed by atoms with E-state index in [4.69, 9.17) is 4.74 Å². The summed E-state index contributed by atoms with van der Waals surface area (Å²) in [5.74, 6) is 0.185. The van der Waals surface area contributed by atoms with E-state index < -0.39 is 0 Å². The summed E-state index contributed by atoms with van der Waals surface area (Å²) in [4.78, 5) is 14.6. The van der Waals surface area contributed by atoms with E-state index in [-0.39, 0.29) is 5.91 Å². The first-order valence-electron chi connectivity index (χ1n) is 8.61. The summed E-state index contributed by atoms with van der Waals surface area (Å²) in [5, 5.41) is 6.67. The first kappa shape index (κ1) is 16.7. The van der Waals surface area contributed by atoms with Gasteiger partial charge in [0, 0.05) is 31.8 Å². The van der Waals surface area contributed by atoms with E-state index in [1.165, 1.54) is 19.3 Å². The highest BCUT2D eigenvalue weighted by atomic mass is 16.5. The van der Waals surface area contributed by atoms with Gasteiger partial charge in [-0.05, 0) is 45.2 Å². The molecule has 0 aromatic carbocycles. The Morgan fingerprint density at radius 3 is 2.81 bits per heavy atom. The van der Waals surface area contributed by atoms with Crippen molar-refractivity contribution in [3.63, 3.8) is 0 Å². The Balaban J connectivity index is 1.73. The van der Waals surface area contributed by atoms with Crippen LogP contribution >= 0.6 is 0 Å². The third-order valence-corrected chi connectivity index (χ3v) is 4.49. The molecule has 0 saturated carbocycles. The molecule has 0 spiro atoms. The first-order valence-corrected chi connectivity index (χ1v) is 8.61. The van der Waals surface area contributed by atoms with Crippen LogP contribution in [-0.4, -0.2) is 62.3 Å². The molecule has 21 heavy (non-hydrogen) atoms.